The van der Waals surface area contributed by atoms with Crippen molar-refractivity contribution in [2.75, 3.05) is 13.1 Å². The third kappa shape index (κ3) is 3.28. The minimum Gasteiger partial charge on any atom is -0.367 e. The van der Waals surface area contributed by atoms with Gasteiger partial charge in [-0.2, -0.15) is 4.98 Å². The molecular weight excluding hydrogens is 206 g/mol. The van der Waals surface area contributed by atoms with Crippen LogP contribution in [0.2, 0.25) is 0 Å². The predicted octanol–water partition coefficient (Wildman–Crippen LogP) is 1.29. The highest BCUT2D eigenvalue weighted by Gasteiger charge is 2.14. The van der Waals surface area contributed by atoms with Crippen LogP contribution in [0.4, 0.5) is 0 Å². The summed E-state index contributed by atoms with van der Waals surface area (Å²) >= 11 is 0. The molecule has 5 nitrogen and oxygen atoms in total. The maximum absolute atomic E-state index is 5.70. The number of ether oxygens (including phenoxy) is 1. The van der Waals surface area contributed by atoms with Crippen LogP contribution in [0.15, 0.2) is 4.52 Å². The van der Waals surface area contributed by atoms with E-state index in [-0.39, 0.29) is 6.10 Å². The summed E-state index contributed by atoms with van der Waals surface area (Å²) < 4.78 is 10.8. The molecule has 1 saturated heterocycles. The predicted molar refractivity (Wildman–Crippen MR) is 59.0 cm³/mol. The number of aromatic nitrogens is 2. The first kappa shape index (κ1) is 11.5. The van der Waals surface area contributed by atoms with E-state index in [1.54, 1.807) is 0 Å². The Morgan fingerprint density at radius 3 is 3.25 bits per heavy atom. The first-order valence-corrected chi connectivity index (χ1v) is 6.02. The van der Waals surface area contributed by atoms with Crippen LogP contribution in [-0.2, 0) is 17.8 Å². The summed E-state index contributed by atoms with van der Waals surface area (Å²) in [5.74, 6) is 1.37. The minimum absolute atomic E-state index is 0.287. The number of aryl methyl sites for hydroxylation is 1. The number of rotatable bonds is 5. The summed E-state index contributed by atoms with van der Waals surface area (Å²) in [6, 6.07) is 0. The Bertz CT molecular complexity index is 308. The zero-order valence-electron chi connectivity index (χ0n) is 9.74. The quantitative estimate of drug-likeness (QED) is 0.818. The van der Waals surface area contributed by atoms with Gasteiger partial charge in [0.2, 0.25) is 0 Å². The van der Waals surface area contributed by atoms with Gasteiger partial charge < -0.3 is 14.6 Å². The lowest BCUT2D eigenvalue weighted by atomic mass is 10.1. The van der Waals surface area contributed by atoms with Crippen molar-refractivity contribution in [1.82, 2.24) is 15.5 Å². The van der Waals surface area contributed by atoms with E-state index in [4.69, 9.17) is 9.26 Å². The van der Waals surface area contributed by atoms with Crippen molar-refractivity contribution in [3.05, 3.63) is 11.7 Å². The molecule has 0 spiro atoms. The number of nitrogens with one attached hydrogen (secondary N) is 1. The fourth-order valence-corrected chi connectivity index (χ4v) is 1.83. The Labute approximate surface area is 95.6 Å². The summed E-state index contributed by atoms with van der Waals surface area (Å²) in [5.41, 5.74) is 0. The van der Waals surface area contributed by atoms with Gasteiger partial charge in [0.1, 0.15) is 6.61 Å². The van der Waals surface area contributed by atoms with E-state index in [1.165, 1.54) is 6.42 Å². The summed E-state index contributed by atoms with van der Waals surface area (Å²) in [6.45, 7) is 4.56. The minimum atomic E-state index is 0.287. The van der Waals surface area contributed by atoms with Gasteiger partial charge in [-0.05, 0) is 25.8 Å². The largest absolute Gasteiger partial charge is 0.367 e. The van der Waals surface area contributed by atoms with Gasteiger partial charge in [-0.1, -0.05) is 12.1 Å². The molecule has 5 heteroatoms. The van der Waals surface area contributed by atoms with Crippen LogP contribution in [-0.4, -0.2) is 29.3 Å². The molecule has 1 unspecified atom stereocenters. The average molecular weight is 225 g/mol. The van der Waals surface area contributed by atoms with E-state index in [0.29, 0.717) is 12.5 Å². The fourth-order valence-electron chi connectivity index (χ4n) is 1.83. The van der Waals surface area contributed by atoms with Crippen molar-refractivity contribution in [2.45, 2.75) is 45.3 Å². The average Bonchev–Trinajstić information content (AvgIpc) is 2.76. The van der Waals surface area contributed by atoms with Crippen LogP contribution in [0, 0.1) is 0 Å². The van der Waals surface area contributed by atoms with Crippen molar-refractivity contribution in [2.24, 2.45) is 0 Å². The molecule has 1 aromatic heterocycles. The smallest absolute Gasteiger partial charge is 0.252 e. The van der Waals surface area contributed by atoms with Gasteiger partial charge in [0.25, 0.3) is 5.89 Å². The van der Waals surface area contributed by atoms with E-state index in [0.717, 1.165) is 38.2 Å². The molecule has 1 N–H and O–H groups in total. The van der Waals surface area contributed by atoms with E-state index in [9.17, 15) is 0 Å². The molecule has 0 aliphatic carbocycles. The first-order chi connectivity index (χ1) is 7.88. The molecule has 1 fully saturated rings. The number of piperidine rings is 1. The highest BCUT2D eigenvalue weighted by atomic mass is 16.5. The highest BCUT2D eigenvalue weighted by molar-refractivity contribution is 4.85. The molecule has 0 saturated carbocycles. The van der Waals surface area contributed by atoms with E-state index < -0.39 is 0 Å². The van der Waals surface area contributed by atoms with Gasteiger partial charge in [-0.15, -0.1) is 0 Å². The fraction of sp³-hybridized carbons (Fsp3) is 0.818. The standard InChI is InChI=1S/C11H19N3O2/c1-2-4-10-13-11(16-14-10)8-15-9-5-3-6-12-7-9/h9,12H,2-8H2,1H3. The first-order valence-electron chi connectivity index (χ1n) is 6.02. The molecule has 1 aromatic rings. The maximum atomic E-state index is 5.70. The highest BCUT2D eigenvalue weighted by Crippen LogP contribution is 2.09. The van der Waals surface area contributed by atoms with E-state index in [2.05, 4.69) is 22.4 Å². The Balaban J connectivity index is 1.75. The van der Waals surface area contributed by atoms with Crippen molar-refractivity contribution in [1.29, 1.82) is 0 Å². The number of hydrogen-bond acceptors (Lipinski definition) is 5. The van der Waals surface area contributed by atoms with Crippen molar-refractivity contribution in [3.63, 3.8) is 0 Å². The molecule has 0 radical (unpaired) electrons. The molecule has 1 aliphatic heterocycles. The lowest BCUT2D eigenvalue weighted by Crippen LogP contribution is -2.35. The summed E-state index contributed by atoms with van der Waals surface area (Å²) in [7, 11) is 0. The lowest BCUT2D eigenvalue weighted by Gasteiger charge is -2.22. The van der Waals surface area contributed by atoms with Crippen LogP contribution in [0.5, 0.6) is 0 Å². The third-order valence-corrected chi connectivity index (χ3v) is 2.68. The van der Waals surface area contributed by atoms with Crippen LogP contribution in [0.1, 0.15) is 37.9 Å². The Morgan fingerprint density at radius 2 is 2.50 bits per heavy atom. The molecule has 0 bridgehead atoms. The molecule has 1 aliphatic rings. The van der Waals surface area contributed by atoms with Gasteiger partial charge in [0.05, 0.1) is 6.10 Å². The molecule has 0 aromatic carbocycles. The normalized spacial score (nSPS) is 21.2. The van der Waals surface area contributed by atoms with Crippen LogP contribution in [0.3, 0.4) is 0 Å². The molecule has 16 heavy (non-hydrogen) atoms. The Kier molecular flexibility index (Phi) is 4.30. The van der Waals surface area contributed by atoms with Crippen LogP contribution >= 0.6 is 0 Å². The van der Waals surface area contributed by atoms with Crippen LogP contribution in [0.25, 0.3) is 0 Å². The molecule has 1 atom stereocenters. The second-order valence-electron chi connectivity index (χ2n) is 4.13. The van der Waals surface area contributed by atoms with Gasteiger partial charge >= 0.3 is 0 Å². The topological polar surface area (TPSA) is 60.2 Å². The van der Waals surface area contributed by atoms with Gasteiger partial charge in [-0.25, -0.2) is 0 Å². The number of nitrogens with zero attached hydrogens (tertiary/aromatic N) is 2. The Hall–Kier alpha value is -0.940. The lowest BCUT2D eigenvalue weighted by molar-refractivity contribution is 0.0124. The van der Waals surface area contributed by atoms with Crippen molar-refractivity contribution in [3.8, 4) is 0 Å². The van der Waals surface area contributed by atoms with E-state index in [1.807, 2.05) is 0 Å². The zero-order chi connectivity index (χ0) is 11.2. The number of hydrogen-bond donors (Lipinski definition) is 1. The second-order valence-corrected chi connectivity index (χ2v) is 4.13. The summed E-state index contributed by atoms with van der Waals surface area (Å²) in [5, 5.41) is 7.19. The van der Waals surface area contributed by atoms with Gasteiger partial charge in [0.15, 0.2) is 5.82 Å². The van der Waals surface area contributed by atoms with Crippen molar-refractivity contribution >= 4 is 0 Å². The molecular formula is C11H19N3O2. The maximum Gasteiger partial charge on any atom is 0.252 e. The molecule has 0 amide bonds. The van der Waals surface area contributed by atoms with Gasteiger partial charge in [-0.3, -0.25) is 0 Å². The van der Waals surface area contributed by atoms with Gasteiger partial charge in [0, 0.05) is 13.0 Å². The van der Waals surface area contributed by atoms with Crippen molar-refractivity contribution < 1.29 is 9.26 Å². The summed E-state index contributed by atoms with van der Waals surface area (Å²) in [6.07, 6.45) is 4.48. The molecule has 2 heterocycles. The van der Waals surface area contributed by atoms with Crippen LogP contribution < -0.4 is 5.32 Å². The molecule has 2 rings (SSSR count). The third-order valence-electron chi connectivity index (χ3n) is 2.68. The molecule has 90 valence electrons. The Morgan fingerprint density at radius 1 is 1.56 bits per heavy atom. The zero-order valence-corrected chi connectivity index (χ0v) is 9.74. The monoisotopic (exact) mass is 225 g/mol. The van der Waals surface area contributed by atoms with E-state index >= 15 is 0 Å². The second kappa shape index (κ2) is 5.96. The SMILES string of the molecule is CCCc1noc(COC2CCCNC2)n1. The summed E-state index contributed by atoms with van der Waals surface area (Å²) in [4.78, 5) is 4.26.